The molecule has 5 heteroatoms. The Bertz CT molecular complexity index is 721. The van der Waals surface area contributed by atoms with Crippen LogP contribution in [0.15, 0.2) is 42.5 Å². The van der Waals surface area contributed by atoms with E-state index in [2.05, 4.69) is 10.6 Å². The average molecular weight is 328 g/mol. The van der Waals surface area contributed by atoms with Crippen molar-refractivity contribution >= 4 is 11.8 Å². The van der Waals surface area contributed by atoms with Gasteiger partial charge in [0, 0.05) is 5.56 Å². The Morgan fingerprint density at radius 1 is 1.04 bits per heavy atom. The van der Waals surface area contributed by atoms with Gasteiger partial charge in [0.1, 0.15) is 5.82 Å². The molecule has 4 nitrogen and oxygen atoms in total. The van der Waals surface area contributed by atoms with Gasteiger partial charge in [-0.25, -0.2) is 4.39 Å². The molecule has 0 aromatic heterocycles. The summed E-state index contributed by atoms with van der Waals surface area (Å²) >= 11 is 0. The second-order valence-electron chi connectivity index (χ2n) is 5.90. The number of carbonyl (C=O) groups is 2. The average Bonchev–Trinajstić information content (AvgIpc) is 2.52. The number of hydrogen-bond donors (Lipinski definition) is 2. The lowest BCUT2D eigenvalue weighted by Crippen LogP contribution is -2.38. The van der Waals surface area contributed by atoms with Crippen molar-refractivity contribution < 1.29 is 14.0 Å². The van der Waals surface area contributed by atoms with E-state index in [0.29, 0.717) is 5.56 Å². The quantitative estimate of drug-likeness (QED) is 0.886. The number of benzene rings is 2. The van der Waals surface area contributed by atoms with E-state index in [4.69, 9.17) is 0 Å². The third kappa shape index (κ3) is 4.91. The van der Waals surface area contributed by atoms with Crippen LogP contribution in [0.4, 0.5) is 4.39 Å². The van der Waals surface area contributed by atoms with Gasteiger partial charge in [-0.3, -0.25) is 9.59 Å². The van der Waals surface area contributed by atoms with Crippen molar-refractivity contribution in [3.8, 4) is 0 Å². The Hall–Kier alpha value is -2.69. The van der Waals surface area contributed by atoms with Crippen molar-refractivity contribution in [1.29, 1.82) is 0 Å². The Morgan fingerprint density at radius 2 is 1.62 bits per heavy atom. The number of carbonyl (C=O) groups excluding carboxylic acids is 2. The van der Waals surface area contributed by atoms with E-state index in [1.165, 1.54) is 12.1 Å². The number of rotatable bonds is 5. The molecule has 0 radical (unpaired) electrons. The highest BCUT2D eigenvalue weighted by atomic mass is 19.1. The highest BCUT2D eigenvalue weighted by molar-refractivity contribution is 5.96. The molecule has 0 aliphatic carbocycles. The van der Waals surface area contributed by atoms with Crippen molar-refractivity contribution in [2.45, 2.75) is 26.8 Å². The van der Waals surface area contributed by atoms with Gasteiger partial charge in [-0.05, 0) is 50.6 Å². The predicted molar refractivity (Wildman–Crippen MR) is 91.2 cm³/mol. The Morgan fingerprint density at radius 3 is 2.21 bits per heavy atom. The Kier molecular flexibility index (Phi) is 5.68. The third-order valence-electron chi connectivity index (χ3n) is 3.64. The maximum Gasteiger partial charge on any atom is 0.251 e. The molecule has 0 spiro atoms. The van der Waals surface area contributed by atoms with Crippen molar-refractivity contribution in [2.24, 2.45) is 0 Å². The standard InChI is InChI=1S/C19H21FN2O2/c1-12-8-13(2)10-16(9-12)19(24)21-11-18(23)22-14(3)15-4-6-17(20)7-5-15/h4-10,14H,11H2,1-3H3,(H,21,24)(H,22,23)/t14-/m1/s1. The second kappa shape index (κ2) is 7.73. The number of halogens is 1. The summed E-state index contributed by atoms with van der Waals surface area (Å²) in [6.07, 6.45) is 0. The van der Waals surface area contributed by atoms with Crippen LogP contribution in [0.1, 0.15) is 40.0 Å². The fourth-order valence-electron chi connectivity index (χ4n) is 2.50. The van der Waals surface area contributed by atoms with Crippen molar-refractivity contribution in [2.75, 3.05) is 6.54 Å². The second-order valence-corrected chi connectivity index (χ2v) is 5.90. The van der Waals surface area contributed by atoms with Crippen molar-refractivity contribution in [3.05, 3.63) is 70.5 Å². The summed E-state index contributed by atoms with van der Waals surface area (Å²) in [6.45, 7) is 5.52. The Balaban J connectivity index is 1.88. The monoisotopic (exact) mass is 328 g/mol. The Labute approximate surface area is 141 Å². The van der Waals surface area contributed by atoms with Crippen LogP contribution in [-0.2, 0) is 4.79 Å². The number of hydrogen-bond acceptors (Lipinski definition) is 2. The summed E-state index contributed by atoms with van der Waals surface area (Å²) in [5, 5.41) is 5.38. The summed E-state index contributed by atoms with van der Waals surface area (Å²) in [4.78, 5) is 24.1. The molecule has 2 amide bonds. The number of amides is 2. The lowest BCUT2D eigenvalue weighted by Gasteiger charge is -2.15. The number of nitrogens with one attached hydrogen (secondary N) is 2. The van der Waals surface area contributed by atoms with Crippen LogP contribution in [0.2, 0.25) is 0 Å². The first-order valence-corrected chi connectivity index (χ1v) is 7.76. The van der Waals surface area contributed by atoms with E-state index in [0.717, 1.165) is 16.7 Å². The molecule has 2 aromatic rings. The van der Waals surface area contributed by atoms with Gasteiger partial charge in [0.2, 0.25) is 5.91 Å². The molecule has 0 saturated carbocycles. The molecule has 0 heterocycles. The van der Waals surface area contributed by atoms with Crippen LogP contribution in [0.5, 0.6) is 0 Å². The molecule has 2 N–H and O–H groups in total. The molecule has 0 bridgehead atoms. The minimum Gasteiger partial charge on any atom is -0.348 e. The van der Waals surface area contributed by atoms with Crippen LogP contribution in [0.25, 0.3) is 0 Å². The lowest BCUT2D eigenvalue weighted by molar-refractivity contribution is -0.120. The van der Waals surface area contributed by atoms with E-state index in [1.54, 1.807) is 31.2 Å². The SMILES string of the molecule is Cc1cc(C)cc(C(=O)NCC(=O)N[C@H](C)c2ccc(F)cc2)c1. The topological polar surface area (TPSA) is 58.2 Å². The summed E-state index contributed by atoms with van der Waals surface area (Å²) in [5.74, 6) is -0.908. The van der Waals surface area contributed by atoms with Gasteiger partial charge in [0.05, 0.1) is 12.6 Å². The van der Waals surface area contributed by atoms with Crippen molar-refractivity contribution in [3.63, 3.8) is 0 Å². The molecular formula is C19H21FN2O2. The molecule has 2 aromatic carbocycles. The maximum absolute atomic E-state index is 12.9. The first-order valence-electron chi connectivity index (χ1n) is 7.76. The van der Waals surface area contributed by atoms with E-state index in [-0.39, 0.29) is 30.2 Å². The zero-order valence-electron chi connectivity index (χ0n) is 14.0. The predicted octanol–water partition coefficient (Wildman–Crippen LogP) is 3.05. The minimum absolute atomic E-state index is 0.114. The minimum atomic E-state index is -0.321. The van der Waals surface area contributed by atoms with Crippen LogP contribution < -0.4 is 10.6 Å². The number of aryl methyl sites for hydroxylation is 2. The molecule has 0 aliphatic heterocycles. The van der Waals surface area contributed by atoms with E-state index in [1.807, 2.05) is 19.9 Å². The highest BCUT2D eigenvalue weighted by Gasteiger charge is 2.12. The van der Waals surface area contributed by atoms with Gasteiger partial charge >= 0.3 is 0 Å². The van der Waals surface area contributed by atoms with Gasteiger partial charge in [-0.2, -0.15) is 0 Å². The first kappa shape index (κ1) is 17.7. The summed E-state index contributed by atoms with van der Waals surface area (Å²) in [6, 6.07) is 11.2. The van der Waals surface area contributed by atoms with Gasteiger partial charge in [0.25, 0.3) is 5.91 Å². The van der Waals surface area contributed by atoms with Crippen LogP contribution in [0, 0.1) is 19.7 Å². The van der Waals surface area contributed by atoms with Gasteiger partial charge in [-0.1, -0.05) is 29.3 Å². The molecule has 2 rings (SSSR count). The largest absolute Gasteiger partial charge is 0.348 e. The first-order chi connectivity index (χ1) is 11.3. The molecule has 0 unspecified atom stereocenters. The van der Waals surface area contributed by atoms with Gasteiger partial charge in [0.15, 0.2) is 0 Å². The van der Waals surface area contributed by atoms with Gasteiger partial charge < -0.3 is 10.6 Å². The van der Waals surface area contributed by atoms with Crippen LogP contribution in [0.3, 0.4) is 0 Å². The zero-order chi connectivity index (χ0) is 17.7. The fourth-order valence-corrected chi connectivity index (χ4v) is 2.50. The third-order valence-corrected chi connectivity index (χ3v) is 3.64. The molecule has 0 fully saturated rings. The molecule has 0 saturated heterocycles. The molecule has 24 heavy (non-hydrogen) atoms. The summed E-state index contributed by atoms with van der Waals surface area (Å²) < 4.78 is 12.9. The van der Waals surface area contributed by atoms with Crippen LogP contribution in [-0.4, -0.2) is 18.4 Å². The normalized spacial score (nSPS) is 11.7. The molecule has 126 valence electrons. The molecular weight excluding hydrogens is 307 g/mol. The molecule has 0 aliphatic rings. The summed E-state index contributed by atoms with van der Waals surface area (Å²) in [5.41, 5.74) is 3.32. The lowest BCUT2D eigenvalue weighted by atomic mass is 10.1. The fraction of sp³-hybridized carbons (Fsp3) is 0.263. The van der Waals surface area contributed by atoms with E-state index < -0.39 is 0 Å². The molecule has 1 atom stereocenters. The maximum atomic E-state index is 12.9. The van der Waals surface area contributed by atoms with E-state index >= 15 is 0 Å². The van der Waals surface area contributed by atoms with Crippen LogP contribution >= 0.6 is 0 Å². The van der Waals surface area contributed by atoms with E-state index in [9.17, 15) is 14.0 Å². The smallest absolute Gasteiger partial charge is 0.251 e. The summed E-state index contributed by atoms with van der Waals surface area (Å²) in [7, 11) is 0. The zero-order valence-corrected chi connectivity index (χ0v) is 14.0. The van der Waals surface area contributed by atoms with Gasteiger partial charge in [-0.15, -0.1) is 0 Å². The van der Waals surface area contributed by atoms with Crippen molar-refractivity contribution in [1.82, 2.24) is 10.6 Å². The highest BCUT2D eigenvalue weighted by Crippen LogP contribution is 2.12.